The Morgan fingerprint density at radius 1 is 1.16 bits per heavy atom. The van der Waals surface area contributed by atoms with Crippen LogP contribution in [-0.4, -0.2) is 41.3 Å². The van der Waals surface area contributed by atoms with E-state index in [-0.39, 0.29) is 31.2 Å². The number of hydrogen-bond acceptors (Lipinski definition) is 2. The fraction of sp³-hybridized carbons (Fsp3) is 0.923. The van der Waals surface area contributed by atoms with Crippen LogP contribution in [0, 0.1) is 11.8 Å². The Kier molecular flexibility index (Phi) is 4.38. The molecule has 19 heavy (non-hydrogen) atoms. The van der Waals surface area contributed by atoms with E-state index in [2.05, 4.69) is 4.90 Å². The minimum atomic E-state index is -4.05. The van der Waals surface area contributed by atoms with Gasteiger partial charge in [-0.15, -0.1) is 0 Å². The number of halogens is 3. The van der Waals surface area contributed by atoms with Gasteiger partial charge in [0.2, 0.25) is 0 Å². The van der Waals surface area contributed by atoms with Crippen molar-refractivity contribution in [2.75, 3.05) is 13.1 Å². The second kappa shape index (κ2) is 5.69. The third-order valence-corrected chi connectivity index (χ3v) is 4.46. The lowest BCUT2D eigenvalue weighted by molar-refractivity contribution is -0.184. The van der Waals surface area contributed by atoms with Gasteiger partial charge in [0, 0.05) is 19.0 Å². The van der Waals surface area contributed by atoms with Gasteiger partial charge in [0.1, 0.15) is 0 Å². The molecule has 1 aliphatic carbocycles. The summed E-state index contributed by atoms with van der Waals surface area (Å²) in [6.07, 6.45) is -1.42. The van der Waals surface area contributed by atoms with Crippen molar-refractivity contribution in [3.05, 3.63) is 0 Å². The highest BCUT2D eigenvalue weighted by Gasteiger charge is 2.42. The molecule has 3 nitrogen and oxygen atoms in total. The van der Waals surface area contributed by atoms with E-state index in [0.717, 1.165) is 19.5 Å². The number of alkyl halides is 3. The van der Waals surface area contributed by atoms with Crippen LogP contribution in [-0.2, 0) is 4.79 Å². The minimum Gasteiger partial charge on any atom is -0.481 e. The molecule has 0 aromatic carbocycles. The zero-order chi connectivity index (χ0) is 14.0. The average molecular weight is 279 g/mol. The fourth-order valence-corrected chi connectivity index (χ4v) is 3.38. The van der Waals surface area contributed by atoms with Gasteiger partial charge in [0.15, 0.2) is 0 Å². The molecule has 1 aliphatic heterocycles. The molecule has 1 heterocycles. The number of carboxylic acid groups (broad SMARTS) is 1. The van der Waals surface area contributed by atoms with E-state index in [9.17, 15) is 18.0 Å². The lowest BCUT2D eigenvalue weighted by atomic mass is 9.85. The number of aliphatic carboxylic acids is 1. The molecule has 0 bridgehead atoms. The predicted molar refractivity (Wildman–Crippen MR) is 63.7 cm³/mol. The Labute approximate surface area is 110 Å². The minimum absolute atomic E-state index is 0.165. The van der Waals surface area contributed by atoms with Crippen LogP contribution in [0.3, 0.4) is 0 Å². The van der Waals surface area contributed by atoms with Crippen LogP contribution in [0.4, 0.5) is 13.2 Å². The van der Waals surface area contributed by atoms with E-state index in [1.807, 2.05) is 0 Å². The fourth-order valence-electron chi connectivity index (χ4n) is 3.38. The lowest BCUT2D eigenvalue weighted by Gasteiger charge is -2.35. The van der Waals surface area contributed by atoms with Gasteiger partial charge >= 0.3 is 12.1 Å². The van der Waals surface area contributed by atoms with Crippen LogP contribution in [0.1, 0.15) is 38.5 Å². The molecule has 1 saturated carbocycles. The molecule has 110 valence electrons. The quantitative estimate of drug-likeness (QED) is 0.863. The van der Waals surface area contributed by atoms with Gasteiger partial charge < -0.3 is 10.0 Å². The van der Waals surface area contributed by atoms with Gasteiger partial charge in [0.05, 0.1) is 5.92 Å². The van der Waals surface area contributed by atoms with E-state index in [1.54, 1.807) is 0 Å². The van der Waals surface area contributed by atoms with E-state index < -0.39 is 18.1 Å². The summed E-state index contributed by atoms with van der Waals surface area (Å²) in [6, 6.07) is 0.220. The maximum absolute atomic E-state index is 12.6. The van der Waals surface area contributed by atoms with Crippen LogP contribution in [0.5, 0.6) is 0 Å². The number of hydrogen-bond donors (Lipinski definition) is 1. The van der Waals surface area contributed by atoms with Crippen molar-refractivity contribution in [2.45, 2.75) is 50.7 Å². The van der Waals surface area contributed by atoms with Crippen molar-refractivity contribution in [3.8, 4) is 0 Å². The summed E-state index contributed by atoms with van der Waals surface area (Å²) in [6.45, 7) is 1.56. The van der Waals surface area contributed by atoms with Crippen LogP contribution < -0.4 is 0 Å². The molecule has 0 aromatic rings. The van der Waals surface area contributed by atoms with Crippen molar-refractivity contribution >= 4 is 5.97 Å². The molecule has 0 aromatic heterocycles. The van der Waals surface area contributed by atoms with Crippen LogP contribution >= 0.6 is 0 Å². The topological polar surface area (TPSA) is 40.5 Å². The Morgan fingerprint density at radius 3 is 2.32 bits per heavy atom. The van der Waals surface area contributed by atoms with Gasteiger partial charge in [-0.05, 0) is 44.6 Å². The van der Waals surface area contributed by atoms with Gasteiger partial charge in [-0.1, -0.05) is 0 Å². The summed E-state index contributed by atoms with van der Waals surface area (Å²) < 4.78 is 37.7. The van der Waals surface area contributed by atoms with Gasteiger partial charge in [-0.3, -0.25) is 4.79 Å². The highest BCUT2D eigenvalue weighted by atomic mass is 19.4. The van der Waals surface area contributed by atoms with Gasteiger partial charge in [-0.25, -0.2) is 0 Å². The first-order valence-electron chi connectivity index (χ1n) is 6.89. The SMILES string of the molecule is O=C(O)CC1CCN(C2CCC(C(F)(F)F)CC2)C1. The lowest BCUT2D eigenvalue weighted by Crippen LogP contribution is -2.39. The Hall–Kier alpha value is -0.780. The number of carboxylic acids is 1. The Bertz CT molecular complexity index is 324. The van der Waals surface area contributed by atoms with Crippen molar-refractivity contribution in [1.82, 2.24) is 4.90 Å². The third kappa shape index (κ3) is 3.84. The molecule has 2 fully saturated rings. The maximum Gasteiger partial charge on any atom is 0.391 e. The first-order valence-corrected chi connectivity index (χ1v) is 6.89. The molecule has 0 amide bonds. The summed E-state index contributed by atoms with van der Waals surface area (Å²) in [5.41, 5.74) is 0. The summed E-state index contributed by atoms with van der Waals surface area (Å²) >= 11 is 0. The van der Waals surface area contributed by atoms with Crippen molar-refractivity contribution in [3.63, 3.8) is 0 Å². The maximum atomic E-state index is 12.6. The monoisotopic (exact) mass is 279 g/mol. The number of nitrogens with zero attached hydrogens (tertiary/aromatic N) is 1. The van der Waals surface area contributed by atoms with Crippen molar-refractivity contribution in [1.29, 1.82) is 0 Å². The number of rotatable bonds is 3. The van der Waals surface area contributed by atoms with E-state index >= 15 is 0 Å². The molecular formula is C13H20F3NO2. The molecule has 0 radical (unpaired) electrons. The van der Waals surface area contributed by atoms with E-state index in [0.29, 0.717) is 12.8 Å². The number of carbonyl (C=O) groups is 1. The standard InChI is InChI=1S/C13H20F3NO2/c14-13(15,16)10-1-3-11(4-2-10)17-6-5-9(8-17)7-12(18)19/h9-11H,1-8H2,(H,18,19). The molecule has 1 N–H and O–H groups in total. The average Bonchev–Trinajstić information content (AvgIpc) is 2.75. The number of likely N-dealkylation sites (tertiary alicyclic amines) is 1. The zero-order valence-electron chi connectivity index (χ0n) is 10.8. The first kappa shape index (κ1) is 14.6. The summed E-state index contributed by atoms with van der Waals surface area (Å²) in [4.78, 5) is 12.8. The first-order chi connectivity index (χ1) is 8.86. The highest BCUT2D eigenvalue weighted by molar-refractivity contribution is 5.67. The Balaban J connectivity index is 1.78. The molecule has 0 spiro atoms. The van der Waals surface area contributed by atoms with Crippen molar-refractivity contribution < 1.29 is 23.1 Å². The molecule has 2 rings (SSSR count). The second-order valence-corrected chi connectivity index (χ2v) is 5.79. The van der Waals surface area contributed by atoms with Gasteiger partial charge in [-0.2, -0.15) is 13.2 Å². The largest absolute Gasteiger partial charge is 0.481 e. The highest BCUT2D eigenvalue weighted by Crippen LogP contribution is 2.39. The van der Waals surface area contributed by atoms with Crippen LogP contribution in [0.2, 0.25) is 0 Å². The normalized spacial score (nSPS) is 33.5. The smallest absolute Gasteiger partial charge is 0.391 e. The van der Waals surface area contributed by atoms with Crippen LogP contribution in [0.25, 0.3) is 0 Å². The zero-order valence-corrected chi connectivity index (χ0v) is 10.8. The molecule has 1 atom stereocenters. The molecule has 1 saturated heterocycles. The van der Waals surface area contributed by atoms with Crippen molar-refractivity contribution in [2.24, 2.45) is 11.8 Å². The second-order valence-electron chi connectivity index (χ2n) is 5.79. The molecule has 2 aliphatic rings. The molecule has 1 unspecified atom stereocenters. The summed E-state index contributed by atoms with van der Waals surface area (Å²) in [5, 5.41) is 8.75. The summed E-state index contributed by atoms with van der Waals surface area (Å²) in [5.74, 6) is -1.76. The van der Waals surface area contributed by atoms with Crippen LogP contribution in [0.15, 0.2) is 0 Å². The van der Waals surface area contributed by atoms with E-state index in [1.165, 1.54) is 0 Å². The third-order valence-electron chi connectivity index (χ3n) is 4.46. The predicted octanol–water partition coefficient (Wildman–Crippen LogP) is 2.90. The summed E-state index contributed by atoms with van der Waals surface area (Å²) in [7, 11) is 0. The van der Waals surface area contributed by atoms with E-state index in [4.69, 9.17) is 5.11 Å². The molecule has 6 heteroatoms. The Morgan fingerprint density at radius 2 is 1.79 bits per heavy atom. The molecular weight excluding hydrogens is 259 g/mol. The van der Waals surface area contributed by atoms with Gasteiger partial charge in [0.25, 0.3) is 0 Å².